The Bertz CT molecular complexity index is 1060. The lowest BCUT2D eigenvalue weighted by atomic mass is 10.2. The maximum Gasteiger partial charge on any atom is 0.419 e. The average Bonchev–Trinajstić information content (AvgIpc) is 2.99. The first-order valence-corrected chi connectivity index (χ1v) is 8.96. The highest BCUT2D eigenvalue weighted by atomic mass is 35.5. The van der Waals surface area contributed by atoms with Crippen molar-refractivity contribution in [2.45, 2.75) is 19.9 Å². The van der Waals surface area contributed by atoms with E-state index in [0.29, 0.717) is 34.0 Å². The lowest BCUT2D eigenvalue weighted by Gasteiger charge is -2.08. The first kappa shape index (κ1) is 19.5. The van der Waals surface area contributed by atoms with Crippen LogP contribution in [0.3, 0.4) is 0 Å². The molecular weight excluding hydrogens is 386 g/mol. The fraction of sp³-hybridized carbons (Fsp3) is 0.211. The molecule has 1 aromatic heterocycles. The Morgan fingerprint density at radius 1 is 1.14 bits per heavy atom. The number of carbonyl (C=O) groups excluding carboxylic acids is 2. The van der Waals surface area contributed by atoms with Crippen LogP contribution in [0.25, 0.3) is 11.1 Å². The minimum atomic E-state index is -0.580. The molecule has 3 aromatic rings. The van der Waals surface area contributed by atoms with Crippen LogP contribution in [0.15, 0.2) is 51.7 Å². The zero-order valence-electron chi connectivity index (χ0n) is 15.0. The van der Waals surface area contributed by atoms with Gasteiger partial charge >= 0.3 is 5.76 Å². The van der Waals surface area contributed by atoms with Gasteiger partial charge in [0.2, 0.25) is 5.91 Å². The third kappa shape index (κ3) is 4.52. The van der Waals surface area contributed by atoms with Crippen LogP contribution >= 0.6 is 11.6 Å². The Kier molecular flexibility index (Phi) is 6.00. The predicted molar refractivity (Wildman–Crippen MR) is 103 cm³/mol. The Balaban J connectivity index is 1.54. The van der Waals surface area contributed by atoms with Crippen molar-refractivity contribution in [3.63, 3.8) is 0 Å². The fourth-order valence-corrected chi connectivity index (χ4v) is 2.76. The number of nitrogens with zero attached hydrogens (tertiary/aromatic N) is 1. The van der Waals surface area contributed by atoms with Gasteiger partial charge in [-0.2, -0.15) is 0 Å². The molecule has 1 heterocycles. The highest BCUT2D eigenvalue weighted by Gasteiger charge is 2.12. The van der Waals surface area contributed by atoms with Gasteiger partial charge in [0.15, 0.2) is 5.58 Å². The molecule has 0 aliphatic rings. The Labute approximate surface area is 165 Å². The zero-order valence-corrected chi connectivity index (χ0v) is 15.8. The molecule has 0 atom stereocenters. The number of amides is 2. The summed E-state index contributed by atoms with van der Waals surface area (Å²) in [4.78, 5) is 36.0. The highest BCUT2D eigenvalue weighted by Crippen LogP contribution is 2.18. The maximum atomic E-state index is 12.1. The molecule has 2 amide bonds. The molecule has 146 valence electrons. The van der Waals surface area contributed by atoms with Crippen LogP contribution in [-0.2, 0) is 11.3 Å². The number of aryl methyl sites for hydroxylation is 1. The summed E-state index contributed by atoms with van der Waals surface area (Å²) in [5.74, 6) is -0.836. The van der Waals surface area contributed by atoms with E-state index in [2.05, 4.69) is 10.9 Å². The molecule has 0 unspecified atom stereocenters. The van der Waals surface area contributed by atoms with E-state index in [0.717, 1.165) is 0 Å². The van der Waals surface area contributed by atoms with E-state index in [1.807, 2.05) is 6.92 Å². The lowest BCUT2D eigenvalue weighted by Crippen LogP contribution is -2.42. The van der Waals surface area contributed by atoms with Gasteiger partial charge in [0.25, 0.3) is 5.91 Å². The largest absolute Gasteiger partial charge is 0.494 e. The van der Waals surface area contributed by atoms with Crippen LogP contribution in [-0.4, -0.2) is 23.0 Å². The van der Waals surface area contributed by atoms with Crippen LogP contribution in [0.1, 0.15) is 23.7 Å². The third-order valence-corrected chi connectivity index (χ3v) is 4.17. The second-order valence-corrected chi connectivity index (χ2v) is 6.28. The van der Waals surface area contributed by atoms with E-state index >= 15 is 0 Å². The summed E-state index contributed by atoms with van der Waals surface area (Å²) in [5, 5.41) is 0.447. The second-order valence-electron chi connectivity index (χ2n) is 5.84. The molecular formula is C19H18ClN3O5. The molecule has 2 aromatic carbocycles. The van der Waals surface area contributed by atoms with Crippen LogP contribution in [0, 0.1) is 0 Å². The molecule has 2 N–H and O–H groups in total. The maximum absolute atomic E-state index is 12.1. The Morgan fingerprint density at radius 3 is 2.61 bits per heavy atom. The van der Waals surface area contributed by atoms with Crippen molar-refractivity contribution in [3.05, 3.63) is 63.6 Å². The molecule has 0 bridgehead atoms. The number of rotatable bonds is 6. The monoisotopic (exact) mass is 403 g/mol. The summed E-state index contributed by atoms with van der Waals surface area (Å²) in [6, 6.07) is 11.3. The summed E-state index contributed by atoms with van der Waals surface area (Å²) in [7, 11) is 0. The second kappa shape index (κ2) is 8.62. The van der Waals surface area contributed by atoms with Crippen molar-refractivity contribution in [1.29, 1.82) is 0 Å². The fourth-order valence-electron chi connectivity index (χ4n) is 2.60. The quantitative estimate of drug-likeness (QED) is 0.615. The normalized spacial score (nSPS) is 10.6. The van der Waals surface area contributed by atoms with Gasteiger partial charge < -0.3 is 9.15 Å². The van der Waals surface area contributed by atoms with Gasteiger partial charge in [0.05, 0.1) is 12.1 Å². The van der Waals surface area contributed by atoms with Crippen LogP contribution in [0.2, 0.25) is 5.02 Å². The summed E-state index contributed by atoms with van der Waals surface area (Å²) in [6.45, 7) is 2.49. The zero-order chi connectivity index (χ0) is 20.1. The number of aromatic nitrogens is 1. The van der Waals surface area contributed by atoms with E-state index in [1.54, 1.807) is 36.4 Å². The molecule has 8 nitrogen and oxygen atoms in total. The SMILES string of the molecule is CCOc1ccc(C(=O)NNC(=O)CCn2c(=O)oc3cc(Cl)ccc32)cc1. The van der Waals surface area contributed by atoms with E-state index < -0.39 is 17.6 Å². The van der Waals surface area contributed by atoms with Crippen LogP contribution < -0.4 is 21.3 Å². The number of halogens is 1. The number of hydrazine groups is 1. The number of fused-ring (bicyclic) bond motifs is 1. The summed E-state index contributed by atoms with van der Waals surface area (Å²) in [5.41, 5.74) is 5.92. The molecule has 28 heavy (non-hydrogen) atoms. The number of ether oxygens (including phenoxy) is 1. The van der Waals surface area contributed by atoms with Crippen molar-refractivity contribution in [1.82, 2.24) is 15.4 Å². The number of benzene rings is 2. The Morgan fingerprint density at radius 2 is 1.89 bits per heavy atom. The number of oxazole rings is 1. The first-order valence-electron chi connectivity index (χ1n) is 8.59. The van der Waals surface area contributed by atoms with Gasteiger partial charge in [-0.3, -0.25) is 25.0 Å². The predicted octanol–water partition coefficient (Wildman–Crippen LogP) is 2.50. The topological polar surface area (TPSA) is 103 Å². The van der Waals surface area contributed by atoms with Crippen LogP contribution in [0.5, 0.6) is 5.75 Å². The smallest absolute Gasteiger partial charge is 0.419 e. The van der Waals surface area contributed by atoms with Gasteiger partial charge in [0, 0.05) is 29.6 Å². The number of hydrogen-bond donors (Lipinski definition) is 2. The van der Waals surface area contributed by atoms with Gasteiger partial charge in [-0.05, 0) is 43.3 Å². The molecule has 0 fully saturated rings. The molecule has 3 rings (SSSR count). The third-order valence-electron chi connectivity index (χ3n) is 3.94. The summed E-state index contributed by atoms with van der Waals surface area (Å²) >= 11 is 5.87. The van der Waals surface area contributed by atoms with Gasteiger partial charge in [0.1, 0.15) is 5.75 Å². The van der Waals surface area contributed by atoms with Gasteiger partial charge in [-0.25, -0.2) is 4.79 Å². The van der Waals surface area contributed by atoms with Crippen molar-refractivity contribution < 1.29 is 18.7 Å². The van der Waals surface area contributed by atoms with E-state index in [9.17, 15) is 14.4 Å². The molecule has 0 aliphatic heterocycles. The molecule has 0 aliphatic carbocycles. The molecule has 0 saturated carbocycles. The Hall–Kier alpha value is -3.26. The minimum Gasteiger partial charge on any atom is -0.494 e. The minimum absolute atomic E-state index is 0.0271. The van der Waals surface area contributed by atoms with Gasteiger partial charge in [-0.1, -0.05) is 11.6 Å². The molecule has 0 spiro atoms. The van der Waals surface area contributed by atoms with Crippen molar-refractivity contribution in [2.24, 2.45) is 0 Å². The number of carbonyl (C=O) groups is 2. The van der Waals surface area contributed by atoms with Crippen molar-refractivity contribution in [2.75, 3.05) is 6.61 Å². The summed E-state index contributed by atoms with van der Waals surface area (Å²) in [6.07, 6.45) is -0.0271. The molecule has 9 heteroatoms. The standard InChI is InChI=1S/C19H18ClN3O5/c1-2-27-14-6-3-12(4-7-14)18(25)22-21-17(24)9-10-23-15-8-5-13(20)11-16(15)28-19(23)26/h3-8,11H,2,9-10H2,1H3,(H,21,24)(H,22,25). The molecule has 0 saturated heterocycles. The van der Waals surface area contributed by atoms with E-state index in [4.69, 9.17) is 20.8 Å². The van der Waals surface area contributed by atoms with E-state index in [-0.39, 0.29) is 13.0 Å². The number of nitrogens with one attached hydrogen (secondary N) is 2. The van der Waals surface area contributed by atoms with Gasteiger partial charge in [-0.15, -0.1) is 0 Å². The van der Waals surface area contributed by atoms with Crippen molar-refractivity contribution in [3.8, 4) is 5.75 Å². The average molecular weight is 404 g/mol. The first-order chi connectivity index (χ1) is 13.5. The van der Waals surface area contributed by atoms with Crippen LogP contribution in [0.4, 0.5) is 0 Å². The highest BCUT2D eigenvalue weighted by molar-refractivity contribution is 6.31. The molecule has 0 radical (unpaired) electrons. The number of hydrogen-bond acceptors (Lipinski definition) is 5. The van der Waals surface area contributed by atoms with E-state index in [1.165, 1.54) is 10.6 Å². The lowest BCUT2D eigenvalue weighted by molar-refractivity contribution is -0.122. The van der Waals surface area contributed by atoms with Crippen molar-refractivity contribution >= 4 is 34.5 Å². The summed E-state index contributed by atoms with van der Waals surface area (Å²) < 4.78 is 11.7.